The molecule has 0 spiro atoms. The fourth-order valence-electron chi connectivity index (χ4n) is 3.23. The molecule has 1 aliphatic carbocycles. The van der Waals surface area contributed by atoms with Gasteiger partial charge in [0.05, 0.1) is 11.8 Å². The highest BCUT2D eigenvalue weighted by Crippen LogP contribution is 2.41. The molecule has 4 heteroatoms. The van der Waals surface area contributed by atoms with Gasteiger partial charge < -0.3 is 10.0 Å². The van der Waals surface area contributed by atoms with Crippen molar-refractivity contribution in [1.82, 2.24) is 4.90 Å². The van der Waals surface area contributed by atoms with Crippen LogP contribution >= 0.6 is 0 Å². The van der Waals surface area contributed by atoms with E-state index in [4.69, 9.17) is 5.11 Å². The molecular weight excluding hydrogens is 254 g/mol. The average molecular weight is 273 g/mol. The molecule has 3 rings (SSSR count). The van der Waals surface area contributed by atoms with E-state index in [2.05, 4.69) is 19.1 Å². The molecule has 1 amide bonds. The zero-order valence-electron chi connectivity index (χ0n) is 11.6. The number of carboxylic acid groups (broad SMARTS) is 1. The first-order chi connectivity index (χ1) is 9.58. The van der Waals surface area contributed by atoms with Gasteiger partial charge in [0.15, 0.2) is 0 Å². The first kappa shape index (κ1) is 13.2. The van der Waals surface area contributed by atoms with Crippen molar-refractivity contribution in [3.8, 4) is 0 Å². The summed E-state index contributed by atoms with van der Waals surface area (Å²) in [5.41, 5.74) is 2.58. The minimum atomic E-state index is -0.835. The molecule has 1 N–H and O–H groups in total. The lowest BCUT2D eigenvalue weighted by Crippen LogP contribution is -2.30. The minimum Gasteiger partial charge on any atom is -0.481 e. The summed E-state index contributed by atoms with van der Waals surface area (Å²) >= 11 is 0. The Bertz CT molecular complexity index is 554. The number of carboxylic acids is 1. The van der Waals surface area contributed by atoms with Crippen LogP contribution in [0.4, 0.5) is 0 Å². The second kappa shape index (κ2) is 4.93. The Morgan fingerprint density at radius 3 is 2.65 bits per heavy atom. The number of benzene rings is 1. The number of rotatable bonds is 3. The first-order valence-electron chi connectivity index (χ1n) is 7.15. The number of amides is 1. The maximum atomic E-state index is 12.2. The Kier molecular flexibility index (Phi) is 3.24. The maximum absolute atomic E-state index is 12.2. The summed E-state index contributed by atoms with van der Waals surface area (Å²) in [6.07, 6.45) is 1.49. The second-order valence-corrected chi connectivity index (χ2v) is 5.91. The van der Waals surface area contributed by atoms with Crippen LogP contribution in [0, 0.1) is 18.8 Å². The molecule has 0 bridgehead atoms. The Morgan fingerprint density at radius 1 is 1.25 bits per heavy atom. The predicted octanol–water partition coefficient (Wildman–Crippen LogP) is 2.03. The maximum Gasteiger partial charge on any atom is 0.307 e. The Morgan fingerprint density at radius 2 is 2.00 bits per heavy atom. The second-order valence-electron chi connectivity index (χ2n) is 5.91. The van der Waals surface area contributed by atoms with E-state index in [0.29, 0.717) is 12.3 Å². The molecule has 0 radical (unpaired) electrons. The van der Waals surface area contributed by atoms with Gasteiger partial charge in [-0.25, -0.2) is 0 Å². The van der Waals surface area contributed by atoms with Gasteiger partial charge in [0.1, 0.15) is 0 Å². The van der Waals surface area contributed by atoms with Gasteiger partial charge in [-0.15, -0.1) is 0 Å². The Balaban J connectivity index is 1.64. The molecule has 20 heavy (non-hydrogen) atoms. The largest absolute Gasteiger partial charge is 0.481 e. The molecule has 0 unspecified atom stereocenters. The van der Waals surface area contributed by atoms with Gasteiger partial charge in [0, 0.05) is 19.0 Å². The quantitative estimate of drug-likeness (QED) is 0.916. The highest BCUT2D eigenvalue weighted by Gasteiger charge is 2.50. The van der Waals surface area contributed by atoms with Crippen LogP contribution in [-0.4, -0.2) is 35.0 Å². The molecule has 4 nitrogen and oxygen atoms in total. The summed E-state index contributed by atoms with van der Waals surface area (Å²) in [6, 6.07) is 8.29. The van der Waals surface area contributed by atoms with E-state index in [-0.39, 0.29) is 11.8 Å². The summed E-state index contributed by atoms with van der Waals surface area (Å²) in [5, 5.41) is 8.91. The summed E-state index contributed by atoms with van der Waals surface area (Å²) in [7, 11) is 0. The van der Waals surface area contributed by atoms with Gasteiger partial charge in [-0.05, 0) is 30.9 Å². The monoisotopic (exact) mass is 273 g/mol. The molecule has 106 valence electrons. The van der Waals surface area contributed by atoms with Crippen LogP contribution in [0.15, 0.2) is 24.3 Å². The normalized spacial score (nSPS) is 28.4. The highest BCUT2D eigenvalue weighted by atomic mass is 16.4. The molecule has 2 fully saturated rings. The van der Waals surface area contributed by atoms with Gasteiger partial charge in [-0.2, -0.15) is 0 Å². The van der Waals surface area contributed by atoms with Crippen LogP contribution < -0.4 is 0 Å². The van der Waals surface area contributed by atoms with Crippen molar-refractivity contribution in [2.45, 2.75) is 25.7 Å². The van der Waals surface area contributed by atoms with E-state index >= 15 is 0 Å². The van der Waals surface area contributed by atoms with Crippen LogP contribution in [0.1, 0.15) is 29.9 Å². The minimum absolute atomic E-state index is 0.0356. The van der Waals surface area contributed by atoms with Crippen molar-refractivity contribution in [2.75, 3.05) is 13.1 Å². The number of carbonyl (C=O) groups is 2. The molecule has 1 aliphatic heterocycles. The smallest absolute Gasteiger partial charge is 0.307 e. The average Bonchev–Trinajstić information content (AvgIpc) is 3.09. The number of aliphatic carboxylic acids is 1. The molecule has 3 atom stereocenters. The van der Waals surface area contributed by atoms with Crippen molar-refractivity contribution in [2.24, 2.45) is 11.8 Å². The molecule has 1 aromatic carbocycles. The van der Waals surface area contributed by atoms with Crippen LogP contribution in [0.5, 0.6) is 0 Å². The van der Waals surface area contributed by atoms with Gasteiger partial charge in [0.25, 0.3) is 0 Å². The van der Waals surface area contributed by atoms with Crippen molar-refractivity contribution in [3.05, 3.63) is 35.4 Å². The van der Waals surface area contributed by atoms with E-state index < -0.39 is 11.9 Å². The third kappa shape index (κ3) is 2.30. The van der Waals surface area contributed by atoms with Gasteiger partial charge in [0.2, 0.25) is 5.91 Å². The zero-order valence-corrected chi connectivity index (χ0v) is 11.6. The number of carbonyl (C=O) groups excluding carboxylic acids is 1. The standard InChI is InChI=1S/C16H19NO3/c1-10-4-2-3-5-12(10)11-6-7-17(9-11)15(18)13-8-14(13)16(19)20/h2-5,11,13-14H,6-9H2,1H3,(H,19,20)/t11-,13+,14+/m1/s1. The molecule has 1 heterocycles. The molecular formula is C16H19NO3. The number of nitrogens with zero attached hydrogens (tertiary/aromatic N) is 1. The summed E-state index contributed by atoms with van der Waals surface area (Å²) in [5.74, 6) is -1.13. The Labute approximate surface area is 118 Å². The third-order valence-electron chi connectivity index (χ3n) is 4.55. The lowest BCUT2D eigenvalue weighted by molar-refractivity contribution is -0.141. The SMILES string of the molecule is Cc1ccccc1[C@@H]1CCN(C(=O)[C@H]2C[C@@H]2C(=O)O)C1. The van der Waals surface area contributed by atoms with Crippen LogP contribution in [0.2, 0.25) is 0 Å². The highest BCUT2D eigenvalue weighted by molar-refractivity contribution is 5.89. The lowest BCUT2D eigenvalue weighted by Gasteiger charge is -2.17. The number of likely N-dealkylation sites (tertiary alicyclic amines) is 1. The van der Waals surface area contributed by atoms with Crippen molar-refractivity contribution in [1.29, 1.82) is 0 Å². The lowest BCUT2D eigenvalue weighted by atomic mass is 9.94. The number of aryl methyl sites for hydroxylation is 1. The van der Waals surface area contributed by atoms with Crippen molar-refractivity contribution >= 4 is 11.9 Å². The predicted molar refractivity (Wildman–Crippen MR) is 74.3 cm³/mol. The summed E-state index contributed by atoms with van der Waals surface area (Å²) in [4.78, 5) is 24.9. The van der Waals surface area contributed by atoms with Gasteiger partial charge in [-0.3, -0.25) is 9.59 Å². The number of hydrogen-bond donors (Lipinski definition) is 1. The van der Waals surface area contributed by atoms with E-state index in [1.165, 1.54) is 11.1 Å². The number of hydrogen-bond acceptors (Lipinski definition) is 2. The van der Waals surface area contributed by atoms with Crippen LogP contribution in [-0.2, 0) is 9.59 Å². The summed E-state index contributed by atoms with van der Waals surface area (Å²) in [6.45, 7) is 3.58. The summed E-state index contributed by atoms with van der Waals surface area (Å²) < 4.78 is 0. The van der Waals surface area contributed by atoms with E-state index in [1.54, 1.807) is 0 Å². The molecule has 2 aliphatic rings. The fraction of sp³-hybridized carbons (Fsp3) is 0.500. The van der Waals surface area contributed by atoms with Crippen LogP contribution in [0.3, 0.4) is 0 Å². The topological polar surface area (TPSA) is 57.6 Å². The van der Waals surface area contributed by atoms with E-state index in [0.717, 1.165) is 19.5 Å². The Hall–Kier alpha value is -1.84. The van der Waals surface area contributed by atoms with Gasteiger partial charge in [-0.1, -0.05) is 24.3 Å². The first-order valence-corrected chi connectivity index (χ1v) is 7.15. The van der Waals surface area contributed by atoms with E-state index in [1.807, 2.05) is 17.0 Å². The van der Waals surface area contributed by atoms with Gasteiger partial charge >= 0.3 is 5.97 Å². The molecule has 0 aromatic heterocycles. The fourth-order valence-corrected chi connectivity index (χ4v) is 3.23. The zero-order chi connectivity index (χ0) is 14.3. The van der Waals surface area contributed by atoms with Crippen LogP contribution in [0.25, 0.3) is 0 Å². The molecule has 1 saturated heterocycles. The van der Waals surface area contributed by atoms with E-state index in [9.17, 15) is 9.59 Å². The van der Waals surface area contributed by atoms with Crippen molar-refractivity contribution < 1.29 is 14.7 Å². The molecule has 1 aromatic rings. The van der Waals surface area contributed by atoms with Crippen molar-refractivity contribution in [3.63, 3.8) is 0 Å². The third-order valence-corrected chi connectivity index (χ3v) is 4.55. The molecule has 1 saturated carbocycles.